The summed E-state index contributed by atoms with van der Waals surface area (Å²) in [5, 5.41) is 8.45. The van der Waals surface area contributed by atoms with E-state index in [-0.39, 0.29) is 4.90 Å². The highest BCUT2D eigenvalue weighted by molar-refractivity contribution is 9.10. The number of sulfonamides is 1. The summed E-state index contributed by atoms with van der Waals surface area (Å²) in [5.41, 5.74) is 1.87. The third-order valence-corrected chi connectivity index (χ3v) is 4.65. The van der Waals surface area contributed by atoms with Gasteiger partial charge in [-0.25, -0.2) is 13.6 Å². The third-order valence-electron chi connectivity index (χ3n) is 2.70. The van der Waals surface area contributed by atoms with Crippen LogP contribution in [-0.4, -0.2) is 15.0 Å². The predicted octanol–water partition coefficient (Wildman–Crippen LogP) is 1.13. The van der Waals surface area contributed by atoms with Crippen molar-refractivity contribution in [3.8, 4) is 0 Å². The Bertz CT molecular complexity index is 514. The van der Waals surface area contributed by atoms with Crippen molar-refractivity contribution in [2.75, 3.05) is 6.54 Å². The van der Waals surface area contributed by atoms with Crippen molar-refractivity contribution in [3.05, 3.63) is 27.7 Å². The van der Waals surface area contributed by atoms with E-state index in [1.54, 1.807) is 6.07 Å². The summed E-state index contributed by atoms with van der Waals surface area (Å²) in [4.78, 5) is 0.222. The Balaban J connectivity index is 2.67. The van der Waals surface area contributed by atoms with Crippen LogP contribution in [-0.2, 0) is 23.0 Å². The van der Waals surface area contributed by atoms with Crippen LogP contribution < -0.4 is 10.5 Å². The summed E-state index contributed by atoms with van der Waals surface area (Å²) in [5.74, 6) is 0. The Morgan fingerprint density at radius 2 is 2.12 bits per heavy atom. The van der Waals surface area contributed by atoms with Gasteiger partial charge in [-0.1, -0.05) is 6.07 Å². The van der Waals surface area contributed by atoms with E-state index >= 15 is 0 Å². The maximum Gasteiger partial charge on any atom is 0.239 e. The van der Waals surface area contributed by atoms with Crippen LogP contribution in [0.1, 0.15) is 17.5 Å². The van der Waals surface area contributed by atoms with Crippen molar-refractivity contribution in [1.29, 1.82) is 0 Å². The normalized spacial score (nSPS) is 16.6. The van der Waals surface area contributed by atoms with Crippen LogP contribution in [0.5, 0.6) is 0 Å². The highest BCUT2D eigenvalue weighted by Crippen LogP contribution is 2.29. The molecule has 0 bridgehead atoms. The second-order valence-corrected chi connectivity index (χ2v) is 6.19. The highest BCUT2D eigenvalue weighted by Gasteiger charge is 2.21. The molecule has 0 aliphatic carbocycles. The van der Waals surface area contributed by atoms with Crippen molar-refractivity contribution >= 4 is 26.0 Å². The van der Waals surface area contributed by atoms with Gasteiger partial charge < -0.3 is 5.32 Å². The zero-order valence-corrected chi connectivity index (χ0v) is 11.1. The Hall–Kier alpha value is -0.430. The van der Waals surface area contributed by atoms with E-state index in [2.05, 4.69) is 21.2 Å². The number of rotatable bonds is 1. The molecule has 0 radical (unpaired) electrons. The van der Waals surface area contributed by atoms with Gasteiger partial charge in [-0.05, 0) is 52.5 Å². The van der Waals surface area contributed by atoms with Crippen molar-refractivity contribution in [3.63, 3.8) is 0 Å². The molecule has 1 aromatic carbocycles. The van der Waals surface area contributed by atoms with Crippen molar-refractivity contribution in [2.45, 2.75) is 24.3 Å². The van der Waals surface area contributed by atoms with E-state index in [4.69, 9.17) is 5.14 Å². The molecule has 0 aromatic heterocycles. The second-order valence-electron chi connectivity index (χ2n) is 3.84. The van der Waals surface area contributed by atoms with Crippen LogP contribution in [0.4, 0.5) is 0 Å². The summed E-state index contributed by atoms with van der Waals surface area (Å²) in [6.45, 7) is 1.46. The summed E-state index contributed by atoms with van der Waals surface area (Å²) >= 11 is 3.25. The number of hydrogen-bond donors (Lipinski definition) is 2. The standard InChI is InChI=1S/C10H13BrN2O2S/c11-9-4-3-7-2-1-5-13-6-8(7)10(9)16(12,14)15/h3-4,13H,1-2,5-6H2,(H2,12,14,15). The quantitative estimate of drug-likeness (QED) is 0.817. The first kappa shape index (κ1) is 12.0. The fraction of sp³-hybridized carbons (Fsp3) is 0.400. The third kappa shape index (κ3) is 2.29. The molecular weight excluding hydrogens is 292 g/mol. The molecule has 0 atom stereocenters. The molecule has 0 saturated heterocycles. The first-order valence-corrected chi connectivity index (χ1v) is 7.38. The maximum atomic E-state index is 11.6. The monoisotopic (exact) mass is 304 g/mol. The van der Waals surface area contributed by atoms with Crippen LogP contribution >= 0.6 is 15.9 Å². The van der Waals surface area contributed by atoms with Gasteiger partial charge in [-0.15, -0.1) is 0 Å². The maximum absolute atomic E-state index is 11.6. The SMILES string of the molecule is NS(=O)(=O)c1c(Br)ccc2c1CNCCC2. The molecule has 0 unspecified atom stereocenters. The van der Waals surface area contributed by atoms with Gasteiger partial charge in [0.15, 0.2) is 0 Å². The molecule has 2 rings (SSSR count). The minimum Gasteiger partial charge on any atom is -0.313 e. The first-order valence-electron chi connectivity index (χ1n) is 5.04. The zero-order chi connectivity index (χ0) is 11.8. The number of fused-ring (bicyclic) bond motifs is 1. The molecule has 1 heterocycles. The summed E-state index contributed by atoms with van der Waals surface area (Å²) in [6.07, 6.45) is 1.90. The lowest BCUT2D eigenvalue weighted by atomic mass is 10.0. The topological polar surface area (TPSA) is 72.2 Å². The van der Waals surface area contributed by atoms with E-state index in [9.17, 15) is 8.42 Å². The zero-order valence-electron chi connectivity index (χ0n) is 8.66. The molecule has 0 amide bonds. The van der Waals surface area contributed by atoms with Crippen LogP contribution in [0.2, 0.25) is 0 Å². The predicted molar refractivity (Wildman–Crippen MR) is 65.5 cm³/mol. The molecule has 4 nitrogen and oxygen atoms in total. The molecule has 1 aliphatic rings. The lowest BCUT2D eigenvalue weighted by molar-refractivity contribution is 0.594. The van der Waals surface area contributed by atoms with E-state index in [0.29, 0.717) is 11.0 Å². The number of halogens is 1. The fourth-order valence-corrected chi connectivity index (χ4v) is 3.93. The van der Waals surface area contributed by atoms with Gasteiger partial charge in [-0.3, -0.25) is 0 Å². The number of nitrogens with two attached hydrogens (primary N) is 1. The molecule has 6 heteroatoms. The van der Waals surface area contributed by atoms with Gasteiger partial charge in [0.2, 0.25) is 10.0 Å². The Morgan fingerprint density at radius 3 is 2.81 bits per heavy atom. The van der Waals surface area contributed by atoms with Gasteiger partial charge in [0.05, 0.1) is 0 Å². The number of primary sulfonamides is 1. The van der Waals surface area contributed by atoms with Crippen molar-refractivity contribution in [1.82, 2.24) is 5.32 Å². The number of aryl methyl sites for hydroxylation is 1. The van der Waals surface area contributed by atoms with Crippen LogP contribution in [0.3, 0.4) is 0 Å². The average Bonchev–Trinajstić information content (AvgIpc) is 2.40. The Labute approximate surface area is 103 Å². The van der Waals surface area contributed by atoms with Crippen LogP contribution in [0.25, 0.3) is 0 Å². The average molecular weight is 305 g/mol. The summed E-state index contributed by atoms with van der Waals surface area (Å²) in [7, 11) is -3.68. The van der Waals surface area contributed by atoms with E-state index in [0.717, 1.165) is 30.5 Å². The number of nitrogens with one attached hydrogen (secondary N) is 1. The summed E-state index contributed by atoms with van der Waals surface area (Å²) < 4.78 is 23.7. The smallest absolute Gasteiger partial charge is 0.239 e. The number of benzene rings is 1. The molecule has 3 N–H and O–H groups in total. The van der Waals surface area contributed by atoms with Crippen LogP contribution in [0, 0.1) is 0 Å². The Morgan fingerprint density at radius 1 is 1.38 bits per heavy atom. The largest absolute Gasteiger partial charge is 0.313 e. The molecule has 1 aromatic rings. The highest BCUT2D eigenvalue weighted by atomic mass is 79.9. The van der Waals surface area contributed by atoms with Gasteiger partial charge in [0, 0.05) is 11.0 Å². The minimum atomic E-state index is -3.68. The van der Waals surface area contributed by atoms with Gasteiger partial charge in [0.1, 0.15) is 4.90 Å². The second kappa shape index (κ2) is 4.44. The molecule has 0 fully saturated rings. The van der Waals surface area contributed by atoms with Crippen LogP contribution in [0.15, 0.2) is 21.5 Å². The van der Waals surface area contributed by atoms with E-state index < -0.39 is 10.0 Å². The van der Waals surface area contributed by atoms with Crippen molar-refractivity contribution < 1.29 is 8.42 Å². The minimum absolute atomic E-state index is 0.222. The molecule has 0 spiro atoms. The van der Waals surface area contributed by atoms with Crippen molar-refractivity contribution in [2.24, 2.45) is 5.14 Å². The molecule has 1 aliphatic heterocycles. The first-order chi connectivity index (χ1) is 7.50. The molecule has 16 heavy (non-hydrogen) atoms. The molecular formula is C10H13BrN2O2S. The van der Waals surface area contributed by atoms with Gasteiger partial charge >= 0.3 is 0 Å². The molecule has 0 saturated carbocycles. The fourth-order valence-electron chi connectivity index (χ4n) is 1.99. The lowest BCUT2D eigenvalue weighted by Gasteiger charge is -2.12. The Kier molecular flexibility index (Phi) is 3.34. The van der Waals surface area contributed by atoms with E-state index in [1.807, 2.05) is 6.07 Å². The van der Waals surface area contributed by atoms with E-state index in [1.165, 1.54) is 0 Å². The molecule has 88 valence electrons. The van der Waals surface area contributed by atoms with Gasteiger partial charge in [-0.2, -0.15) is 0 Å². The van der Waals surface area contributed by atoms with Gasteiger partial charge in [0.25, 0.3) is 0 Å². The number of hydrogen-bond acceptors (Lipinski definition) is 3. The lowest BCUT2D eigenvalue weighted by Crippen LogP contribution is -2.19. The summed E-state index contributed by atoms with van der Waals surface area (Å²) in [6, 6.07) is 3.71.